The number of benzene rings is 1. The molecule has 0 aliphatic carbocycles. The summed E-state index contributed by atoms with van der Waals surface area (Å²) in [4.78, 5) is 29.0. The Bertz CT molecular complexity index is 874. The number of nitrogens with zero attached hydrogens (tertiary/aromatic N) is 2. The quantitative estimate of drug-likeness (QED) is 0.457. The summed E-state index contributed by atoms with van der Waals surface area (Å²) in [5.41, 5.74) is 4.59. The second kappa shape index (κ2) is 9.23. The number of piperidine rings is 2. The van der Waals surface area contributed by atoms with Crippen LogP contribution in [-0.2, 0) is 24.8 Å². The second-order valence-electron chi connectivity index (χ2n) is 8.34. The summed E-state index contributed by atoms with van der Waals surface area (Å²) >= 11 is 0. The van der Waals surface area contributed by atoms with Crippen molar-refractivity contribution in [1.82, 2.24) is 4.90 Å². The summed E-state index contributed by atoms with van der Waals surface area (Å²) in [6.07, 6.45) is 5.01. The van der Waals surface area contributed by atoms with Gasteiger partial charge in [0.05, 0.1) is 30.8 Å². The van der Waals surface area contributed by atoms with Crippen LogP contribution in [0.25, 0.3) is 0 Å². The molecule has 30 heavy (non-hydrogen) atoms. The fourth-order valence-corrected chi connectivity index (χ4v) is 5.57. The second-order valence-corrected chi connectivity index (χ2v) is 8.34. The number of rotatable bonds is 4. The largest absolute Gasteiger partial charge is 0.504 e. The molecule has 0 radical (unpaired) electrons. The van der Waals surface area contributed by atoms with E-state index in [1.165, 1.54) is 5.57 Å². The molecule has 0 saturated carbocycles. The molecule has 1 aromatic rings. The number of methoxy groups -OCH3 is 1. The highest BCUT2D eigenvalue weighted by atomic mass is 17.1. The minimum atomic E-state index is -0.787. The number of fused-ring (bicyclic) bond motifs is 5. The zero-order chi connectivity index (χ0) is 21.9. The van der Waals surface area contributed by atoms with Crippen LogP contribution in [0.15, 0.2) is 35.0 Å². The van der Waals surface area contributed by atoms with Crippen molar-refractivity contribution >= 4 is 17.6 Å². The van der Waals surface area contributed by atoms with Crippen molar-refractivity contribution in [3.8, 4) is 0 Å². The first-order valence-corrected chi connectivity index (χ1v) is 10.4. The number of hydrogen-bond donors (Lipinski definition) is 1. The topological polar surface area (TPSA) is 88.4 Å². The van der Waals surface area contributed by atoms with Gasteiger partial charge in [-0.3, -0.25) is 15.1 Å². The molecule has 1 aromatic carbocycles. The first kappa shape index (κ1) is 22.4. The number of allylic oxidation sites excluding steroid dienone is 1. The first-order valence-electron chi connectivity index (χ1n) is 10.4. The smallest absolute Gasteiger partial charge is 0.373 e. The maximum Gasteiger partial charge on any atom is 0.373 e. The monoisotopic (exact) mass is 414 g/mol. The van der Waals surface area contributed by atoms with E-state index in [1.807, 2.05) is 18.4 Å². The third-order valence-electron chi connectivity index (χ3n) is 6.90. The van der Waals surface area contributed by atoms with Gasteiger partial charge in [-0.1, -0.05) is 25.5 Å². The van der Waals surface area contributed by atoms with Crippen LogP contribution in [0.1, 0.15) is 44.2 Å². The first-order chi connectivity index (χ1) is 14.5. The normalized spacial score (nSPS) is 30.1. The molecule has 0 bridgehead atoms. The Kier molecular flexibility index (Phi) is 6.88. The Morgan fingerprint density at radius 2 is 2.17 bits per heavy atom. The van der Waals surface area contributed by atoms with Gasteiger partial charge in [0.25, 0.3) is 0 Å². The van der Waals surface area contributed by atoms with Crippen LogP contribution in [0.2, 0.25) is 0 Å². The van der Waals surface area contributed by atoms with Gasteiger partial charge in [-0.25, -0.2) is 4.89 Å². The molecule has 162 valence electrons. The van der Waals surface area contributed by atoms with Gasteiger partial charge in [-0.2, -0.15) is 9.59 Å². The van der Waals surface area contributed by atoms with Gasteiger partial charge in [-0.15, -0.1) is 0 Å². The number of aryl methyl sites for hydroxylation is 1. The number of aliphatic imine (C=N–C) groups is 1. The molecule has 1 N–H and O–H groups in total. The van der Waals surface area contributed by atoms with E-state index in [0.29, 0.717) is 11.8 Å². The van der Waals surface area contributed by atoms with E-state index < -0.39 is 5.60 Å². The molecule has 3 heterocycles. The number of ether oxygens (including phenoxy) is 1. The van der Waals surface area contributed by atoms with Gasteiger partial charge < -0.3 is 4.74 Å². The van der Waals surface area contributed by atoms with Crippen LogP contribution < -0.4 is 0 Å². The van der Waals surface area contributed by atoms with E-state index in [4.69, 9.17) is 24.2 Å². The third kappa shape index (κ3) is 3.63. The summed E-state index contributed by atoms with van der Waals surface area (Å²) in [5, 5.41) is 10.0. The predicted molar refractivity (Wildman–Crippen MR) is 111 cm³/mol. The van der Waals surface area contributed by atoms with Gasteiger partial charge in [-0.05, 0) is 49.3 Å². The average Bonchev–Trinajstić information content (AvgIpc) is 3.10. The molecule has 0 aromatic heterocycles. The molecular weight excluding hydrogens is 384 g/mol. The van der Waals surface area contributed by atoms with Gasteiger partial charge in [0.2, 0.25) is 0 Å². The molecule has 4 atom stereocenters. The standard InChI is InChI=1S/C22H30N2O3.CO2/c1-5-16-12-24-10-9-22(27-25)20-14(2)7-6-8-18(20)23-21(22)19(24)11-17(16)15(3)13-26-4;2-1-3/h6-8,13,16-17,19,25H,5,9-12H2,1-4H3;/t16-,17-,19+,22+;/m1./s1. The van der Waals surface area contributed by atoms with Crippen molar-refractivity contribution in [3.05, 3.63) is 41.2 Å². The minimum Gasteiger partial charge on any atom is -0.504 e. The Morgan fingerprint density at radius 1 is 1.43 bits per heavy atom. The van der Waals surface area contributed by atoms with Gasteiger partial charge in [0.15, 0.2) is 5.60 Å². The third-order valence-corrected chi connectivity index (χ3v) is 6.90. The summed E-state index contributed by atoms with van der Waals surface area (Å²) < 4.78 is 5.31. The summed E-state index contributed by atoms with van der Waals surface area (Å²) in [6, 6.07) is 6.32. The Labute approximate surface area is 177 Å². The molecule has 3 aliphatic rings. The van der Waals surface area contributed by atoms with E-state index in [9.17, 15) is 5.26 Å². The van der Waals surface area contributed by atoms with Crippen molar-refractivity contribution in [3.63, 3.8) is 0 Å². The van der Waals surface area contributed by atoms with Crippen LogP contribution in [0, 0.1) is 18.8 Å². The van der Waals surface area contributed by atoms with E-state index in [0.717, 1.165) is 54.9 Å². The fraction of sp³-hybridized carbons (Fsp3) is 0.565. The molecule has 7 heteroatoms. The lowest BCUT2D eigenvalue weighted by molar-refractivity contribution is -0.311. The van der Waals surface area contributed by atoms with Crippen molar-refractivity contribution in [2.75, 3.05) is 20.2 Å². The molecular formula is C23H30N2O5. The van der Waals surface area contributed by atoms with E-state index in [2.05, 4.69) is 31.7 Å². The molecule has 3 aliphatic heterocycles. The lowest BCUT2D eigenvalue weighted by Crippen LogP contribution is -2.61. The van der Waals surface area contributed by atoms with Crippen molar-refractivity contribution in [2.24, 2.45) is 16.8 Å². The van der Waals surface area contributed by atoms with E-state index in [1.54, 1.807) is 7.11 Å². The van der Waals surface area contributed by atoms with Crippen LogP contribution in [-0.4, -0.2) is 48.3 Å². The van der Waals surface area contributed by atoms with Crippen LogP contribution in [0.3, 0.4) is 0 Å². The van der Waals surface area contributed by atoms with Gasteiger partial charge >= 0.3 is 6.15 Å². The zero-order valence-electron chi connectivity index (χ0n) is 18.1. The maximum atomic E-state index is 10.0. The lowest BCUT2D eigenvalue weighted by Gasteiger charge is -2.50. The molecule has 2 fully saturated rings. The van der Waals surface area contributed by atoms with Crippen molar-refractivity contribution in [1.29, 1.82) is 0 Å². The molecule has 2 saturated heterocycles. The highest BCUT2D eigenvalue weighted by Crippen LogP contribution is 2.51. The minimum absolute atomic E-state index is 0.186. The summed E-state index contributed by atoms with van der Waals surface area (Å²) in [6.45, 7) is 8.48. The SMILES string of the molecule is CC[C@@H]1CN2CC[C@@]3(OO)C(=Nc4cccc(C)c43)[C@@H]2C[C@@H]1C(C)=COC.O=C=O. The van der Waals surface area contributed by atoms with E-state index >= 15 is 0 Å². The van der Waals surface area contributed by atoms with Gasteiger partial charge in [0, 0.05) is 25.1 Å². The molecule has 7 nitrogen and oxygen atoms in total. The Morgan fingerprint density at radius 3 is 2.80 bits per heavy atom. The lowest BCUT2D eigenvalue weighted by atomic mass is 9.70. The molecule has 0 spiro atoms. The van der Waals surface area contributed by atoms with Crippen molar-refractivity contribution < 1.29 is 24.5 Å². The van der Waals surface area contributed by atoms with Gasteiger partial charge in [0.1, 0.15) is 0 Å². The van der Waals surface area contributed by atoms with Crippen LogP contribution in [0.5, 0.6) is 0 Å². The highest BCUT2D eigenvalue weighted by molar-refractivity contribution is 6.05. The highest BCUT2D eigenvalue weighted by Gasteiger charge is 2.55. The fourth-order valence-electron chi connectivity index (χ4n) is 5.57. The Balaban J connectivity index is 0.000000806. The average molecular weight is 415 g/mol. The maximum absolute atomic E-state index is 10.0. The van der Waals surface area contributed by atoms with Crippen molar-refractivity contribution in [2.45, 2.75) is 51.7 Å². The molecule has 0 unspecified atom stereocenters. The zero-order valence-corrected chi connectivity index (χ0v) is 18.1. The number of carbonyl (C=O) groups excluding carboxylic acids is 2. The van der Waals surface area contributed by atoms with E-state index in [-0.39, 0.29) is 12.2 Å². The predicted octanol–water partition coefficient (Wildman–Crippen LogP) is 3.85. The van der Waals surface area contributed by atoms with Crippen LogP contribution in [0.4, 0.5) is 5.69 Å². The summed E-state index contributed by atoms with van der Waals surface area (Å²) in [7, 11) is 1.71. The summed E-state index contributed by atoms with van der Waals surface area (Å²) in [5.74, 6) is 1.07. The molecule has 0 amide bonds. The number of hydrogen-bond acceptors (Lipinski definition) is 7. The molecule has 4 rings (SSSR count). The van der Waals surface area contributed by atoms with Crippen LogP contribution >= 0.6 is 0 Å². The Hall–Kier alpha value is -2.31.